The minimum absolute atomic E-state index is 0.133. The lowest BCUT2D eigenvalue weighted by Crippen LogP contribution is -2.13. The van der Waals surface area contributed by atoms with Crippen LogP contribution in [0.25, 0.3) is 11.1 Å². The molecule has 0 fully saturated rings. The van der Waals surface area contributed by atoms with E-state index in [-0.39, 0.29) is 11.2 Å². The van der Waals surface area contributed by atoms with Crippen molar-refractivity contribution < 1.29 is 24.2 Å². The van der Waals surface area contributed by atoms with Crippen LogP contribution in [-0.2, 0) is 10.2 Å². The van der Waals surface area contributed by atoms with Crippen LogP contribution in [0.15, 0.2) is 42.5 Å². The first-order valence-corrected chi connectivity index (χ1v) is 7.47. The summed E-state index contributed by atoms with van der Waals surface area (Å²) in [6.07, 6.45) is -1.41. The fourth-order valence-corrected chi connectivity index (χ4v) is 2.39. The number of carboxylic acid groups (broad SMARTS) is 1. The second-order valence-corrected chi connectivity index (χ2v) is 6.37. The molecule has 2 aromatic rings. The predicted molar refractivity (Wildman–Crippen MR) is 90.6 cm³/mol. The number of ether oxygens (including phenoxy) is 2. The van der Waals surface area contributed by atoms with Crippen molar-refractivity contribution in [2.45, 2.75) is 26.2 Å². The molecule has 0 radical (unpaired) electrons. The zero-order chi connectivity index (χ0) is 17.9. The number of hydrogen-bond donors (Lipinski definition) is 1. The summed E-state index contributed by atoms with van der Waals surface area (Å²) < 4.78 is 9.71. The first kappa shape index (κ1) is 17.5. The van der Waals surface area contributed by atoms with Gasteiger partial charge in [-0.15, -0.1) is 0 Å². The molecule has 5 heteroatoms. The molecule has 0 spiro atoms. The molecule has 0 bridgehead atoms. The summed E-state index contributed by atoms with van der Waals surface area (Å²) in [7, 11) is 1.31. The Morgan fingerprint density at radius 1 is 1.00 bits per heavy atom. The number of esters is 1. The van der Waals surface area contributed by atoms with Crippen molar-refractivity contribution in [1.82, 2.24) is 0 Å². The van der Waals surface area contributed by atoms with Gasteiger partial charge in [-0.25, -0.2) is 9.59 Å². The monoisotopic (exact) mass is 328 g/mol. The zero-order valence-corrected chi connectivity index (χ0v) is 14.1. The average molecular weight is 328 g/mol. The van der Waals surface area contributed by atoms with Gasteiger partial charge >= 0.3 is 12.1 Å². The molecule has 0 atom stereocenters. The number of benzene rings is 2. The van der Waals surface area contributed by atoms with E-state index in [0.717, 1.165) is 5.56 Å². The van der Waals surface area contributed by atoms with E-state index in [4.69, 9.17) is 14.6 Å². The Kier molecular flexibility index (Phi) is 4.93. The van der Waals surface area contributed by atoms with Crippen molar-refractivity contribution in [1.29, 1.82) is 0 Å². The lowest BCUT2D eigenvalue weighted by molar-refractivity contribution is 0.0601. The molecule has 0 amide bonds. The largest absolute Gasteiger partial charge is 0.511 e. The quantitative estimate of drug-likeness (QED) is 0.663. The SMILES string of the molecule is COC(=O)c1ccc(C(C)(C)C)cc1-c1ccccc1OC(=O)O. The van der Waals surface area contributed by atoms with Crippen LogP contribution < -0.4 is 4.74 Å². The van der Waals surface area contributed by atoms with Crippen LogP contribution in [-0.4, -0.2) is 24.3 Å². The Morgan fingerprint density at radius 2 is 1.67 bits per heavy atom. The average Bonchev–Trinajstić information content (AvgIpc) is 2.52. The molecule has 2 rings (SSSR count). The summed E-state index contributed by atoms with van der Waals surface area (Å²) in [6, 6.07) is 12.1. The number of carbonyl (C=O) groups is 2. The highest BCUT2D eigenvalue weighted by Crippen LogP contribution is 2.36. The number of carbonyl (C=O) groups excluding carboxylic acids is 1. The number of rotatable bonds is 3. The number of para-hydroxylation sites is 1. The Bertz CT molecular complexity index is 772. The van der Waals surface area contributed by atoms with Gasteiger partial charge in [-0.1, -0.05) is 45.0 Å². The van der Waals surface area contributed by atoms with Gasteiger partial charge in [-0.2, -0.15) is 0 Å². The Hall–Kier alpha value is -2.82. The summed E-state index contributed by atoms with van der Waals surface area (Å²) in [5.41, 5.74) is 2.33. The van der Waals surface area contributed by atoms with Crippen molar-refractivity contribution >= 4 is 12.1 Å². The summed E-state index contributed by atoms with van der Waals surface area (Å²) in [5.74, 6) is -0.322. The zero-order valence-electron chi connectivity index (χ0n) is 14.1. The van der Waals surface area contributed by atoms with E-state index in [1.165, 1.54) is 7.11 Å². The first-order chi connectivity index (χ1) is 11.2. The van der Waals surface area contributed by atoms with Gasteiger partial charge in [0.05, 0.1) is 12.7 Å². The van der Waals surface area contributed by atoms with Gasteiger partial charge in [0.15, 0.2) is 0 Å². The lowest BCUT2D eigenvalue weighted by Gasteiger charge is -2.21. The van der Waals surface area contributed by atoms with Crippen LogP contribution >= 0.6 is 0 Å². The third-order valence-electron chi connectivity index (χ3n) is 3.67. The van der Waals surface area contributed by atoms with Gasteiger partial charge < -0.3 is 14.6 Å². The van der Waals surface area contributed by atoms with Crippen LogP contribution in [0.3, 0.4) is 0 Å². The molecule has 0 aromatic heterocycles. The highest BCUT2D eigenvalue weighted by Gasteiger charge is 2.21. The molecule has 126 valence electrons. The Labute approximate surface area is 140 Å². The molecule has 0 heterocycles. The molecule has 2 aromatic carbocycles. The normalized spacial score (nSPS) is 11.0. The number of hydrogen-bond acceptors (Lipinski definition) is 4. The molecule has 0 saturated heterocycles. The molecule has 1 N–H and O–H groups in total. The standard InChI is InChI=1S/C19H20O5/c1-19(2,3)12-9-10-14(17(20)23-4)15(11-12)13-7-5-6-8-16(13)24-18(21)22/h5-11H,1-4H3,(H,21,22). The van der Waals surface area contributed by atoms with Crippen molar-refractivity contribution in [2.75, 3.05) is 7.11 Å². The summed E-state index contributed by atoms with van der Waals surface area (Å²) in [6.45, 7) is 6.18. The highest BCUT2D eigenvalue weighted by molar-refractivity contribution is 5.98. The van der Waals surface area contributed by atoms with E-state index >= 15 is 0 Å². The second-order valence-electron chi connectivity index (χ2n) is 6.37. The van der Waals surface area contributed by atoms with E-state index < -0.39 is 12.1 Å². The predicted octanol–water partition coefficient (Wildman–Crippen LogP) is 4.49. The summed E-state index contributed by atoms with van der Waals surface area (Å²) in [4.78, 5) is 23.1. The lowest BCUT2D eigenvalue weighted by atomic mass is 9.84. The minimum atomic E-state index is -1.41. The van der Waals surface area contributed by atoms with Crippen molar-refractivity contribution in [3.8, 4) is 16.9 Å². The van der Waals surface area contributed by atoms with Crippen molar-refractivity contribution in [2.24, 2.45) is 0 Å². The van der Waals surface area contributed by atoms with Crippen molar-refractivity contribution in [3.63, 3.8) is 0 Å². The molecule has 0 aliphatic heterocycles. The van der Waals surface area contributed by atoms with Gasteiger partial charge in [0.1, 0.15) is 5.75 Å². The molecule has 0 unspecified atom stereocenters. The van der Waals surface area contributed by atoms with Gasteiger partial charge in [0, 0.05) is 11.1 Å². The van der Waals surface area contributed by atoms with Crippen molar-refractivity contribution in [3.05, 3.63) is 53.6 Å². The molecule has 24 heavy (non-hydrogen) atoms. The Balaban J connectivity index is 2.71. The first-order valence-electron chi connectivity index (χ1n) is 7.47. The van der Waals surface area contributed by atoms with E-state index in [2.05, 4.69) is 20.8 Å². The Morgan fingerprint density at radius 3 is 2.25 bits per heavy atom. The molecule has 0 aliphatic carbocycles. The van der Waals surface area contributed by atoms with Crippen LogP contribution in [0.5, 0.6) is 5.75 Å². The molecular formula is C19H20O5. The van der Waals surface area contributed by atoms with E-state index in [0.29, 0.717) is 16.7 Å². The maximum atomic E-state index is 12.1. The molecule has 5 nitrogen and oxygen atoms in total. The molecular weight excluding hydrogens is 308 g/mol. The summed E-state index contributed by atoms with van der Waals surface area (Å²) in [5, 5.41) is 8.93. The third kappa shape index (κ3) is 3.74. The van der Waals surface area contributed by atoms with Crippen LogP contribution in [0.4, 0.5) is 4.79 Å². The highest BCUT2D eigenvalue weighted by atomic mass is 16.7. The third-order valence-corrected chi connectivity index (χ3v) is 3.67. The van der Waals surface area contributed by atoms with E-state index in [9.17, 15) is 9.59 Å². The van der Waals surface area contributed by atoms with Crippen LogP contribution in [0.2, 0.25) is 0 Å². The van der Waals surface area contributed by atoms with E-state index in [1.54, 1.807) is 30.3 Å². The van der Waals surface area contributed by atoms with Crippen LogP contribution in [0.1, 0.15) is 36.7 Å². The minimum Gasteiger partial charge on any atom is -0.465 e. The van der Waals surface area contributed by atoms with Gasteiger partial charge in [0.25, 0.3) is 0 Å². The fraction of sp³-hybridized carbons (Fsp3) is 0.263. The smallest absolute Gasteiger partial charge is 0.465 e. The van der Waals surface area contributed by atoms with Gasteiger partial charge in [0.2, 0.25) is 0 Å². The second kappa shape index (κ2) is 6.74. The van der Waals surface area contributed by atoms with Gasteiger partial charge in [-0.05, 0) is 29.2 Å². The van der Waals surface area contributed by atoms with E-state index in [1.807, 2.05) is 12.1 Å². The number of methoxy groups -OCH3 is 1. The summed E-state index contributed by atoms with van der Waals surface area (Å²) >= 11 is 0. The fourth-order valence-electron chi connectivity index (χ4n) is 2.39. The molecule has 0 aliphatic rings. The maximum Gasteiger partial charge on any atom is 0.511 e. The topological polar surface area (TPSA) is 72.8 Å². The molecule has 0 saturated carbocycles. The van der Waals surface area contributed by atoms with Crippen LogP contribution in [0, 0.1) is 0 Å². The van der Waals surface area contributed by atoms with Gasteiger partial charge in [-0.3, -0.25) is 0 Å². The maximum absolute atomic E-state index is 12.1.